The molecular formula is C22H19FN4O4. The van der Waals surface area contributed by atoms with Crippen LogP contribution in [0.4, 0.5) is 20.8 Å². The summed E-state index contributed by atoms with van der Waals surface area (Å²) in [5.74, 6) is -0.0423. The molecule has 1 aliphatic heterocycles. The molecule has 8 nitrogen and oxygen atoms in total. The van der Waals surface area contributed by atoms with Crippen molar-refractivity contribution in [1.29, 1.82) is 0 Å². The number of aryl methyl sites for hydroxylation is 1. The topological polar surface area (TPSA) is 93.7 Å². The van der Waals surface area contributed by atoms with Gasteiger partial charge in [0.05, 0.1) is 6.54 Å². The number of benzene rings is 2. The Morgan fingerprint density at radius 3 is 2.65 bits per heavy atom. The smallest absolute Gasteiger partial charge is 0.415 e. The first kappa shape index (κ1) is 20.3. The molecule has 1 atom stereocenters. The van der Waals surface area contributed by atoms with E-state index in [4.69, 9.17) is 9.47 Å². The van der Waals surface area contributed by atoms with Crippen molar-refractivity contribution in [3.05, 3.63) is 77.9 Å². The lowest BCUT2D eigenvalue weighted by atomic mass is 10.1. The second-order valence-electron chi connectivity index (χ2n) is 6.89. The second kappa shape index (κ2) is 8.78. The molecule has 2 heterocycles. The molecular weight excluding hydrogens is 403 g/mol. The van der Waals surface area contributed by atoms with Crippen LogP contribution in [0.1, 0.15) is 17.4 Å². The highest BCUT2D eigenvalue weighted by molar-refractivity contribution is 5.90. The zero-order valence-corrected chi connectivity index (χ0v) is 16.6. The van der Waals surface area contributed by atoms with E-state index in [1.165, 1.54) is 29.2 Å². The van der Waals surface area contributed by atoms with Crippen molar-refractivity contribution >= 4 is 23.6 Å². The summed E-state index contributed by atoms with van der Waals surface area (Å²) in [6.07, 6.45) is 0.602. The van der Waals surface area contributed by atoms with Crippen LogP contribution in [-0.4, -0.2) is 35.1 Å². The lowest BCUT2D eigenvalue weighted by Crippen LogP contribution is -2.23. The van der Waals surface area contributed by atoms with Crippen LogP contribution >= 0.6 is 0 Å². The maximum atomic E-state index is 13.1. The minimum atomic E-state index is -0.494. The van der Waals surface area contributed by atoms with Crippen LogP contribution in [0, 0.1) is 12.7 Å². The van der Waals surface area contributed by atoms with E-state index in [9.17, 15) is 14.0 Å². The van der Waals surface area contributed by atoms with Crippen LogP contribution in [0.15, 0.2) is 60.8 Å². The number of halogens is 1. The third-order valence-corrected chi connectivity index (χ3v) is 4.62. The van der Waals surface area contributed by atoms with Crippen LogP contribution < -0.4 is 15.0 Å². The summed E-state index contributed by atoms with van der Waals surface area (Å²) in [6, 6.07) is 14.3. The molecule has 3 aromatic rings. The van der Waals surface area contributed by atoms with Gasteiger partial charge < -0.3 is 9.47 Å². The van der Waals surface area contributed by atoms with Crippen LogP contribution in [0.3, 0.4) is 0 Å². The molecule has 0 aliphatic carbocycles. The maximum Gasteiger partial charge on any atom is 0.415 e. The predicted molar refractivity (Wildman–Crippen MR) is 110 cm³/mol. The Balaban J connectivity index is 1.32. The summed E-state index contributed by atoms with van der Waals surface area (Å²) in [4.78, 5) is 33.7. The molecule has 4 rings (SSSR count). The van der Waals surface area contributed by atoms with E-state index in [1.54, 1.807) is 43.5 Å². The quantitative estimate of drug-likeness (QED) is 0.652. The molecule has 31 heavy (non-hydrogen) atoms. The number of cyclic esters (lactones) is 1. The van der Waals surface area contributed by atoms with E-state index in [0.29, 0.717) is 18.0 Å². The van der Waals surface area contributed by atoms with Gasteiger partial charge in [0.1, 0.15) is 17.7 Å². The van der Waals surface area contributed by atoms with Gasteiger partial charge in [0.15, 0.2) is 6.61 Å². The van der Waals surface area contributed by atoms with Gasteiger partial charge in [-0.3, -0.25) is 15.0 Å². The molecule has 0 radical (unpaired) electrons. The minimum Gasteiger partial charge on any atom is -0.484 e. The van der Waals surface area contributed by atoms with Gasteiger partial charge in [0, 0.05) is 17.6 Å². The summed E-state index contributed by atoms with van der Waals surface area (Å²) in [6.45, 7) is 1.91. The van der Waals surface area contributed by atoms with Crippen LogP contribution in [0.25, 0.3) is 0 Å². The first-order valence-electron chi connectivity index (χ1n) is 9.54. The first-order chi connectivity index (χ1) is 15.0. The Morgan fingerprint density at radius 1 is 1.19 bits per heavy atom. The molecule has 1 unspecified atom stereocenters. The molecule has 0 spiro atoms. The Morgan fingerprint density at radius 2 is 1.94 bits per heavy atom. The third-order valence-electron chi connectivity index (χ3n) is 4.62. The molecule has 0 bridgehead atoms. The highest BCUT2D eigenvalue weighted by Gasteiger charge is 2.33. The van der Waals surface area contributed by atoms with E-state index in [1.807, 2.05) is 0 Å². The van der Waals surface area contributed by atoms with E-state index < -0.39 is 12.2 Å². The van der Waals surface area contributed by atoms with E-state index in [0.717, 1.165) is 11.3 Å². The highest BCUT2D eigenvalue weighted by atomic mass is 19.1. The standard InChI is InChI=1S/C22H19FN4O4/c1-14-10-11-24-21(25-14)26-20(28)13-30-18-8-2-15(3-9-18)19-12-27(22(29)31-19)17-6-4-16(23)5-7-17/h2-11,19H,12-13H2,1H3,(H,24,25,26,28). The fourth-order valence-corrected chi connectivity index (χ4v) is 3.07. The minimum absolute atomic E-state index is 0.201. The average Bonchev–Trinajstić information content (AvgIpc) is 3.15. The SMILES string of the molecule is Cc1ccnc(NC(=O)COc2ccc(C3CN(c4ccc(F)cc4)C(=O)O3)cc2)n1. The van der Waals surface area contributed by atoms with Gasteiger partial charge in [0.25, 0.3) is 5.91 Å². The molecule has 1 saturated heterocycles. The number of nitrogens with zero attached hydrogens (tertiary/aromatic N) is 3. The number of anilines is 2. The Hall–Kier alpha value is -4.01. The number of carbonyl (C=O) groups excluding carboxylic acids is 2. The first-order valence-corrected chi connectivity index (χ1v) is 9.54. The fourth-order valence-electron chi connectivity index (χ4n) is 3.07. The van der Waals surface area contributed by atoms with Gasteiger partial charge in [-0.1, -0.05) is 12.1 Å². The molecule has 9 heteroatoms. The van der Waals surface area contributed by atoms with Crippen LogP contribution in [0.5, 0.6) is 5.75 Å². The van der Waals surface area contributed by atoms with E-state index >= 15 is 0 Å². The zero-order valence-electron chi connectivity index (χ0n) is 16.6. The second-order valence-corrected chi connectivity index (χ2v) is 6.89. The Bertz CT molecular complexity index is 1090. The van der Waals surface area contributed by atoms with E-state index in [-0.39, 0.29) is 24.3 Å². The number of hydrogen-bond acceptors (Lipinski definition) is 6. The van der Waals surface area contributed by atoms with Gasteiger partial charge in [-0.05, 0) is 55.0 Å². The van der Waals surface area contributed by atoms with Crippen molar-refractivity contribution in [3.63, 3.8) is 0 Å². The number of aromatic nitrogens is 2. The summed E-state index contributed by atoms with van der Waals surface area (Å²) in [5, 5.41) is 2.57. The lowest BCUT2D eigenvalue weighted by Gasteiger charge is -2.13. The zero-order chi connectivity index (χ0) is 21.8. The number of carbonyl (C=O) groups is 2. The highest BCUT2D eigenvalue weighted by Crippen LogP contribution is 2.31. The number of rotatable bonds is 6. The van der Waals surface area contributed by atoms with Gasteiger partial charge in [0.2, 0.25) is 5.95 Å². The molecule has 158 valence electrons. The Labute approximate surface area is 177 Å². The molecule has 1 N–H and O–H groups in total. The van der Waals surface area contributed by atoms with Crippen molar-refractivity contribution in [1.82, 2.24) is 9.97 Å². The van der Waals surface area contributed by atoms with Gasteiger partial charge in [-0.15, -0.1) is 0 Å². The normalized spacial score (nSPS) is 15.5. The van der Waals surface area contributed by atoms with Crippen molar-refractivity contribution < 1.29 is 23.5 Å². The summed E-state index contributed by atoms with van der Waals surface area (Å²) < 4.78 is 24.0. The number of hydrogen-bond donors (Lipinski definition) is 1. The van der Waals surface area contributed by atoms with Crippen molar-refractivity contribution in [3.8, 4) is 5.75 Å². The van der Waals surface area contributed by atoms with Crippen LogP contribution in [0.2, 0.25) is 0 Å². The molecule has 0 saturated carbocycles. The van der Waals surface area contributed by atoms with Crippen molar-refractivity contribution in [2.45, 2.75) is 13.0 Å². The molecule has 1 aliphatic rings. The van der Waals surface area contributed by atoms with Gasteiger partial charge in [-0.2, -0.15) is 0 Å². The fraction of sp³-hybridized carbons (Fsp3) is 0.182. The average molecular weight is 422 g/mol. The van der Waals surface area contributed by atoms with Gasteiger partial charge >= 0.3 is 6.09 Å². The lowest BCUT2D eigenvalue weighted by molar-refractivity contribution is -0.118. The number of nitrogens with one attached hydrogen (secondary N) is 1. The molecule has 2 aromatic carbocycles. The van der Waals surface area contributed by atoms with Gasteiger partial charge in [-0.25, -0.2) is 19.2 Å². The summed E-state index contributed by atoms with van der Waals surface area (Å²) in [5.41, 5.74) is 2.09. The van der Waals surface area contributed by atoms with Crippen molar-refractivity contribution in [2.75, 3.05) is 23.4 Å². The monoisotopic (exact) mass is 422 g/mol. The third kappa shape index (κ3) is 4.95. The molecule has 1 aromatic heterocycles. The Kier molecular flexibility index (Phi) is 5.74. The summed E-state index contributed by atoms with van der Waals surface area (Å²) in [7, 11) is 0. The molecule has 1 fully saturated rings. The van der Waals surface area contributed by atoms with Crippen molar-refractivity contribution in [2.24, 2.45) is 0 Å². The maximum absolute atomic E-state index is 13.1. The predicted octanol–water partition coefficient (Wildman–Crippen LogP) is 3.64. The molecule has 2 amide bonds. The summed E-state index contributed by atoms with van der Waals surface area (Å²) >= 11 is 0. The largest absolute Gasteiger partial charge is 0.484 e. The number of amides is 2. The van der Waals surface area contributed by atoms with Crippen LogP contribution in [-0.2, 0) is 9.53 Å². The van der Waals surface area contributed by atoms with E-state index in [2.05, 4.69) is 15.3 Å². The number of ether oxygens (including phenoxy) is 2.